The molecule has 0 aromatic carbocycles. The smallest absolute Gasteiger partial charge is 0.333 e. The van der Waals surface area contributed by atoms with Gasteiger partial charge in [-0.2, -0.15) is 0 Å². The van der Waals surface area contributed by atoms with Crippen LogP contribution in [0.25, 0.3) is 6.08 Å². The highest BCUT2D eigenvalue weighted by Gasteiger charge is 2.05. The zero-order chi connectivity index (χ0) is 10.6. The molecule has 0 amide bonds. The fourth-order valence-electron chi connectivity index (χ4n) is 1.03. The van der Waals surface area contributed by atoms with Gasteiger partial charge < -0.3 is 9.30 Å². The van der Waals surface area contributed by atoms with E-state index in [1.54, 1.807) is 32.4 Å². The molecule has 1 rings (SSSR count). The molecule has 0 fully saturated rings. The summed E-state index contributed by atoms with van der Waals surface area (Å²) in [6, 6.07) is 0. The van der Waals surface area contributed by atoms with Crippen molar-refractivity contribution < 1.29 is 9.53 Å². The van der Waals surface area contributed by atoms with Gasteiger partial charge in [0.2, 0.25) is 0 Å². The molecule has 0 saturated carbocycles. The average Bonchev–Trinajstić information content (AvgIpc) is 2.52. The van der Waals surface area contributed by atoms with Crippen molar-refractivity contribution in [2.24, 2.45) is 7.05 Å². The molecule has 0 saturated heterocycles. The molecule has 0 unspecified atom stereocenters. The van der Waals surface area contributed by atoms with Crippen LogP contribution in [-0.4, -0.2) is 22.1 Å². The molecular formula is C10H14N2O2. The predicted molar refractivity (Wildman–Crippen MR) is 53.5 cm³/mol. The van der Waals surface area contributed by atoms with E-state index in [1.807, 2.05) is 11.6 Å². The van der Waals surface area contributed by atoms with Crippen molar-refractivity contribution in [1.82, 2.24) is 9.55 Å². The summed E-state index contributed by atoms with van der Waals surface area (Å²) < 4.78 is 6.69. The molecule has 14 heavy (non-hydrogen) atoms. The number of hydrogen-bond donors (Lipinski definition) is 0. The first kappa shape index (κ1) is 10.5. The molecule has 76 valence electrons. The highest BCUT2D eigenvalue weighted by molar-refractivity contribution is 5.92. The van der Waals surface area contributed by atoms with Gasteiger partial charge in [-0.3, -0.25) is 0 Å². The zero-order valence-electron chi connectivity index (χ0n) is 8.65. The highest BCUT2D eigenvalue weighted by Crippen LogP contribution is 2.06. The standard InChI is InChI=1S/C10H14N2O2/c1-4-14-10(13)8(2)5-9-6-11-7-12(9)3/h5-7H,4H2,1-3H3. The Morgan fingerprint density at radius 1 is 1.71 bits per heavy atom. The Kier molecular flexibility index (Phi) is 3.45. The molecule has 0 spiro atoms. The van der Waals surface area contributed by atoms with Gasteiger partial charge in [0.25, 0.3) is 0 Å². The summed E-state index contributed by atoms with van der Waals surface area (Å²) in [6.07, 6.45) is 5.14. The van der Waals surface area contributed by atoms with Crippen LogP contribution < -0.4 is 0 Å². The van der Waals surface area contributed by atoms with E-state index in [0.29, 0.717) is 12.2 Å². The van der Waals surface area contributed by atoms with E-state index in [4.69, 9.17) is 4.74 Å². The minimum Gasteiger partial charge on any atom is -0.463 e. The first-order valence-electron chi connectivity index (χ1n) is 4.47. The summed E-state index contributed by atoms with van der Waals surface area (Å²) in [5.74, 6) is -0.284. The molecule has 0 aliphatic carbocycles. The van der Waals surface area contributed by atoms with Crippen molar-refractivity contribution in [2.75, 3.05) is 6.61 Å². The second-order valence-corrected chi connectivity index (χ2v) is 2.98. The van der Waals surface area contributed by atoms with Crippen molar-refractivity contribution in [3.05, 3.63) is 23.8 Å². The molecule has 0 atom stereocenters. The van der Waals surface area contributed by atoms with Crippen molar-refractivity contribution in [2.45, 2.75) is 13.8 Å². The van der Waals surface area contributed by atoms with Crippen LogP contribution in [0, 0.1) is 0 Å². The lowest BCUT2D eigenvalue weighted by atomic mass is 10.2. The van der Waals surface area contributed by atoms with Crippen molar-refractivity contribution in [3.8, 4) is 0 Å². The van der Waals surface area contributed by atoms with Gasteiger partial charge in [0.15, 0.2) is 0 Å². The molecule has 0 bridgehead atoms. The topological polar surface area (TPSA) is 44.1 Å². The highest BCUT2D eigenvalue weighted by atomic mass is 16.5. The van der Waals surface area contributed by atoms with Crippen LogP contribution in [0.2, 0.25) is 0 Å². The maximum absolute atomic E-state index is 11.3. The summed E-state index contributed by atoms with van der Waals surface area (Å²) in [5, 5.41) is 0. The van der Waals surface area contributed by atoms with Gasteiger partial charge >= 0.3 is 5.97 Å². The minimum absolute atomic E-state index is 0.284. The lowest BCUT2D eigenvalue weighted by Crippen LogP contribution is -2.05. The summed E-state index contributed by atoms with van der Waals surface area (Å²) in [6.45, 7) is 3.91. The molecule has 1 heterocycles. The second-order valence-electron chi connectivity index (χ2n) is 2.98. The van der Waals surface area contributed by atoms with Gasteiger partial charge in [0, 0.05) is 12.6 Å². The van der Waals surface area contributed by atoms with E-state index in [0.717, 1.165) is 5.69 Å². The van der Waals surface area contributed by atoms with Crippen LogP contribution in [0.4, 0.5) is 0 Å². The Bertz CT molecular complexity index is 353. The van der Waals surface area contributed by atoms with Crippen LogP contribution in [0.3, 0.4) is 0 Å². The summed E-state index contributed by atoms with van der Waals surface area (Å²) in [7, 11) is 1.87. The monoisotopic (exact) mass is 194 g/mol. The van der Waals surface area contributed by atoms with Gasteiger partial charge in [-0.1, -0.05) is 0 Å². The molecule has 0 aliphatic heterocycles. The number of carbonyl (C=O) groups excluding carboxylic acids is 1. The Hall–Kier alpha value is -1.58. The van der Waals surface area contributed by atoms with E-state index >= 15 is 0 Å². The predicted octanol–water partition coefficient (Wildman–Crippen LogP) is 1.39. The quantitative estimate of drug-likeness (QED) is 0.539. The third-order valence-electron chi connectivity index (χ3n) is 1.82. The minimum atomic E-state index is -0.284. The number of hydrogen-bond acceptors (Lipinski definition) is 3. The maximum Gasteiger partial charge on any atom is 0.333 e. The normalized spacial score (nSPS) is 11.5. The third kappa shape index (κ3) is 2.45. The van der Waals surface area contributed by atoms with E-state index in [-0.39, 0.29) is 5.97 Å². The van der Waals surface area contributed by atoms with E-state index in [2.05, 4.69) is 4.98 Å². The Morgan fingerprint density at radius 2 is 2.43 bits per heavy atom. The number of aromatic nitrogens is 2. The van der Waals surface area contributed by atoms with Crippen LogP contribution in [0.1, 0.15) is 19.5 Å². The molecule has 0 radical (unpaired) electrons. The van der Waals surface area contributed by atoms with Crippen molar-refractivity contribution in [1.29, 1.82) is 0 Å². The van der Waals surface area contributed by atoms with E-state index in [9.17, 15) is 4.79 Å². The summed E-state index contributed by atoms with van der Waals surface area (Å²) >= 11 is 0. The maximum atomic E-state index is 11.3. The number of rotatable bonds is 3. The van der Waals surface area contributed by atoms with Gasteiger partial charge in [-0.15, -0.1) is 0 Å². The molecule has 4 heteroatoms. The molecule has 4 nitrogen and oxygen atoms in total. The first-order valence-corrected chi connectivity index (χ1v) is 4.47. The fraction of sp³-hybridized carbons (Fsp3) is 0.400. The largest absolute Gasteiger partial charge is 0.463 e. The van der Waals surface area contributed by atoms with E-state index in [1.165, 1.54) is 0 Å². The Labute approximate surface area is 83.2 Å². The lowest BCUT2D eigenvalue weighted by Gasteiger charge is -2.01. The zero-order valence-corrected chi connectivity index (χ0v) is 8.65. The van der Waals surface area contributed by atoms with Crippen LogP contribution in [0.15, 0.2) is 18.1 Å². The number of ether oxygens (including phenoxy) is 1. The number of nitrogens with zero attached hydrogens (tertiary/aromatic N) is 2. The number of imidazole rings is 1. The summed E-state index contributed by atoms with van der Waals surface area (Å²) in [4.78, 5) is 15.2. The fourth-order valence-corrected chi connectivity index (χ4v) is 1.03. The second kappa shape index (κ2) is 4.60. The summed E-state index contributed by atoms with van der Waals surface area (Å²) in [5.41, 5.74) is 1.46. The van der Waals surface area contributed by atoms with Gasteiger partial charge in [-0.05, 0) is 19.9 Å². The number of aryl methyl sites for hydroxylation is 1. The molecule has 0 aliphatic rings. The molecule has 0 N–H and O–H groups in total. The van der Waals surface area contributed by atoms with Gasteiger partial charge in [0.1, 0.15) is 0 Å². The van der Waals surface area contributed by atoms with Crippen LogP contribution >= 0.6 is 0 Å². The Balaban J connectivity index is 2.78. The lowest BCUT2D eigenvalue weighted by molar-refractivity contribution is -0.138. The molecule has 1 aromatic heterocycles. The Morgan fingerprint density at radius 3 is 2.93 bits per heavy atom. The molecule has 1 aromatic rings. The van der Waals surface area contributed by atoms with E-state index < -0.39 is 0 Å². The molecular weight excluding hydrogens is 180 g/mol. The van der Waals surface area contributed by atoms with Crippen molar-refractivity contribution >= 4 is 12.0 Å². The van der Waals surface area contributed by atoms with Gasteiger partial charge in [0.05, 0.1) is 24.8 Å². The average molecular weight is 194 g/mol. The SMILES string of the molecule is CCOC(=O)C(C)=Cc1cncn1C. The number of carbonyl (C=O) groups is 1. The van der Waals surface area contributed by atoms with Gasteiger partial charge in [-0.25, -0.2) is 9.78 Å². The first-order chi connectivity index (χ1) is 6.65. The van der Waals surface area contributed by atoms with Crippen molar-refractivity contribution in [3.63, 3.8) is 0 Å². The number of esters is 1. The van der Waals surface area contributed by atoms with Crippen LogP contribution in [0.5, 0.6) is 0 Å². The third-order valence-corrected chi connectivity index (χ3v) is 1.82. The van der Waals surface area contributed by atoms with Crippen LogP contribution in [-0.2, 0) is 16.6 Å².